The molecule has 29 heavy (non-hydrogen) atoms. The van der Waals surface area contributed by atoms with Crippen LogP contribution in [0, 0.1) is 0 Å². The second-order valence-corrected chi connectivity index (χ2v) is 7.42. The number of hydrogen-bond donors (Lipinski definition) is 1. The summed E-state index contributed by atoms with van der Waals surface area (Å²) in [5.74, 6) is 0. The van der Waals surface area contributed by atoms with Crippen molar-refractivity contribution in [2.75, 3.05) is 19.7 Å². The van der Waals surface area contributed by atoms with E-state index < -0.39 is 11.7 Å². The van der Waals surface area contributed by atoms with Crippen LogP contribution in [0.5, 0.6) is 0 Å². The maximum absolute atomic E-state index is 12.8. The molecule has 6 nitrogen and oxygen atoms in total. The number of nitrogens with zero attached hydrogens (tertiary/aromatic N) is 3. The van der Waals surface area contributed by atoms with E-state index in [0.717, 1.165) is 43.7 Å². The van der Waals surface area contributed by atoms with Crippen LogP contribution in [0.4, 0.5) is 18.0 Å². The first-order valence-corrected chi connectivity index (χ1v) is 9.79. The summed E-state index contributed by atoms with van der Waals surface area (Å²) in [6.07, 6.45) is -1.53. The monoisotopic (exact) mass is 408 g/mol. The van der Waals surface area contributed by atoms with Crippen LogP contribution in [-0.4, -0.2) is 46.5 Å². The van der Waals surface area contributed by atoms with Gasteiger partial charge in [0.05, 0.1) is 29.6 Å². The minimum absolute atomic E-state index is 0.0859. The largest absolute Gasteiger partial charge is 0.416 e. The number of alkyl halides is 3. The Hall–Kier alpha value is -2.55. The van der Waals surface area contributed by atoms with Gasteiger partial charge in [-0.05, 0) is 37.5 Å². The van der Waals surface area contributed by atoms with Crippen LogP contribution in [0.25, 0.3) is 11.3 Å². The average Bonchev–Trinajstić information content (AvgIpc) is 3.31. The molecule has 0 bridgehead atoms. The number of aromatic nitrogens is 2. The molecule has 0 unspecified atom stereocenters. The first-order chi connectivity index (χ1) is 13.9. The zero-order valence-electron chi connectivity index (χ0n) is 15.9. The molecule has 0 spiro atoms. The molecule has 0 radical (unpaired) electrons. The summed E-state index contributed by atoms with van der Waals surface area (Å²) in [7, 11) is 0. The van der Waals surface area contributed by atoms with Gasteiger partial charge in [-0.15, -0.1) is 0 Å². The highest BCUT2D eigenvalue weighted by molar-refractivity contribution is 5.74. The Labute approximate surface area is 166 Å². The Morgan fingerprint density at radius 1 is 1.21 bits per heavy atom. The van der Waals surface area contributed by atoms with E-state index in [-0.39, 0.29) is 12.1 Å². The summed E-state index contributed by atoms with van der Waals surface area (Å²) in [6, 6.07) is 6.68. The van der Waals surface area contributed by atoms with Crippen molar-refractivity contribution in [1.82, 2.24) is 20.0 Å². The molecule has 2 aliphatic rings. The third-order valence-corrected chi connectivity index (χ3v) is 5.31. The third kappa shape index (κ3) is 4.55. The lowest BCUT2D eigenvalue weighted by atomic mass is 10.1. The van der Waals surface area contributed by atoms with Gasteiger partial charge in [-0.2, -0.15) is 18.3 Å². The zero-order valence-corrected chi connectivity index (χ0v) is 15.9. The number of carbonyl (C=O) groups excluding carboxylic acids is 1. The fraction of sp³-hybridized carbons (Fsp3) is 0.500. The summed E-state index contributed by atoms with van der Waals surface area (Å²) in [5, 5.41) is 7.47. The van der Waals surface area contributed by atoms with Gasteiger partial charge in [0.15, 0.2) is 0 Å². The second kappa shape index (κ2) is 8.06. The Morgan fingerprint density at radius 2 is 2.00 bits per heavy atom. The molecule has 0 aliphatic carbocycles. The molecular weight excluding hydrogens is 385 g/mol. The van der Waals surface area contributed by atoms with Crippen molar-refractivity contribution >= 4 is 6.03 Å². The molecule has 0 saturated carbocycles. The van der Waals surface area contributed by atoms with Crippen LogP contribution in [0.2, 0.25) is 0 Å². The lowest BCUT2D eigenvalue weighted by Crippen LogP contribution is -2.42. The highest BCUT2D eigenvalue weighted by Gasteiger charge is 2.30. The number of ether oxygens (including phenoxy) is 1. The molecule has 156 valence electrons. The summed E-state index contributed by atoms with van der Waals surface area (Å²) in [6.45, 7) is 2.94. The topological polar surface area (TPSA) is 59.4 Å². The van der Waals surface area contributed by atoms with Crippen molar-refractivity contribution < 1.29 is 22.7 Å². The second-order valence-electron chi connectivity index (χ2n) is 7.42. The Kier molecular flexibility index (Phi) is 5.49. The first-order valence-electron chi connectivity index (χ1n) is 9.79. The van der Waals surface area contributed by atoms with Crippen LogP contribution >= 0.6 is 0 Å². The van der Waals surface area contributed by atoms with Crippen molar-refractivity contribution in [3.8, 4) is 11.3 Å². The smallest absolute Gasteiger partial charge is 0.376 e. The molecule has 9 heteroatoms. The highest BCUT2D eigenvalue weighted by Crippen LogP contribution is 2.31. The fourth-order valence-electron chi connectivity index (χ4n) is 3.72. The molecule has 2 aliphatic heterocycles. The van der Waals surface area contributed by atoms with Gasteiger partial charge in [-0.3, -0.25) is 4.68 Å². The number of benzene rings is 1. The number of amides is 2. The molecule has 3 heterocycles. The van der Waals surface area contributed by atoms with E-state index in [1.54, 1.807) is 4.90 Å². The Bertz CT molecular complexity index is 858. The number of rotatable bonds is 3. The van der Waals surface area contributed by atoms with Crippen LogP contribution < -0.4 is 5.32 Å². The van der Waals surface area contributed by atoms with Gasteiger partial charge in [0.2, 0.25) is 0 Å². The normalized spacial score (nSPS) is 19.7. The standard InChI is InChI=1S/C20H23F3N4O2/c21-20(22,23)15-6-4-14(5-7-15)18-11-16-13-26(8-2-9-27(16)25-18)19(28)24-12-17-3-1-10-29-17/h4-7,11,17H,1-3,8-10,12-13H2,(H,24,28)/t17-/m1/s1. The number of urea groups is 1. The average molecular weight is 408 g/mol. The van der Waals surface area contributed by atoms with Crippen molar-refractivity contribution in [2.45, 2.75) is 44.6 Å². The number of aryl methyl sites for hydroxylation is 1. The zero-order chi connectivity index (χ0) is 20.4. The van der Waals surface area contributed by atoms with E-state index >= 15 is 0 Å². The maximum atomic E-state index is 12.8. The van der Waals surface area contributed by atoms with Gasteiger partial charge in [0.25, 0.3) is 0 Å². The Balaban J connectivity index is 1.44. The number of fused-ring (bicyclic) bond motifs is 1. The van der Waals surface area contributed by atoms with Gasteiger partial charge < -0.3 is 15.0 Å². The van der Waals surface area contributed by atoms with Crippen molar-refractivity contribution in [2.24, 2.45) is 0 Å². The van der Waals surface area contributed by atoms with E-state index in [0.29, 0.717) is 37.4 Å². The van der Waals surface area contributed by atoms with Crippen LogP contribution in [0.3, 0.4) is 0 Å². The Morgan fingerprint density at radius 3 is 2.69 bits per heavy atom. The molecule has 4 rings (SSSR count). The van der Waals surface area contributed by atoms with Gasteiger partial charge in [-0.25, -0.2) is 4.79 Å². The van der Waals surface area contributed by atoms with Crippen molar-refractivity contribution in [3.63, 3.8) is 0 Å². The predicted molar refractivity (Wildman–Crippen MR) is 100 cm³/mol. The SMILES string of the molecule is O=C(NC[C@H]1CCCO1)N1CCCn2nc(-c3ccc(C(F)(F)F)cc3)cc2C1. The minimum Gasteiger partial charge on any atom is -0.376 e. The molecule has 1 aromatic heterocycles. The van der Waals surface area contributed by atoms with Gasteiger partial charge >= 0.3 is 12.2 Å². The van der Waals surface area contributed by atoms with Crippen LogP contribution in [-0.2, 0) is 24.0 Å². The fourth-order valence-corrected chi connectivity index (χ4v) is 3.72. The van der Waals surface area contributed by atoms with Crippen molar-refractivity contribution in [3.05, 3.63) is 41.6 Å². The molecule has 1 atom stereocenters. The predicted octanol–water partition coefficient (Wildman–Crippen LogP) is 3.66. The summed E-state index contributed by atoms with van der Waals surface area (Å²) in [5.41, 5.74) is 1.41. The molecule has 1 aromatic carbocycles. The van der Waals surface area contributed by atoms with Gasteiger partial charge in [0.1, 0.15) is 0 Å². The van der Waals surface area contributed by atoms with E-state index in [1.807, 2.05) is 10.7 Å². The van der Waals surface area contributed by atoms with Crippen LogP contribution in [0.15, 0.2) is 30.3 Å². The quantitative estimate of drug-likeness (QED) is 0.843. The number of hydrogen-bond acceptors (Lipinski definition) is 3. The number of carbonyl (C=O) groups is 1. The van der Waals surface area contributed by atoms with Gasteiger partial charge in [-0.1, -0.05) is 12.1 Å². The molecule has 1 N–H and O–H groups in total. The third-order valence-electron chi connectivity index (χ3n) is 5.31. The van der Waals surface area contributed by atoms with E-state index in [4.69, 9.17) is 4.74 Å². The minimum atomic E-state index is -4.36. The lowest BCUT2D eigenvalue weighted by molar-refractivity contribution is -0.137. The summed E-state index contributed by atoms with van der Waals surface area (Å²) < 4.78 is 45.7. The van der Waals surface area contributed by atoms with Crippen LogP contribution in [0.1, 0.15) is 30.5 Å². The van der Waals surface area contributed by atoms with Gasteiger partial charge in [0, 0.05) is 31.8 Å². The molecule has 1 saturated heterocycles. The molecule has 2 amide bonds. The summed E-state index contributed by atoms with van der Waals surface area (Å²) >= 11 is 0. The van der Waals surface area contributed by atoms with E-state index in [2.05, 4.69) is 10.4 Å². The van der Waals surface area contributed by atoms with E-state index in [9.17, 15) is 18.0 Å². The molecule has 1 fully saturated rings. The highest BCUT2D eigenvalue weighted by atomic mass is 19.4. The summed E-state index contributed by atoms with van der Waals surface area (Å²) in [4.78, 5) is 14.3. The molecular formula is C20H23F3N4O2. The molecule has 2 aromatic rings. The number of halogens is 3. The van der Waals surface area contributed by atoms with Crippen molar-refractivity contribution in [1.29, 1.82) is 0 Å². The first kappa shape index (κ1) is 19.8. The lowest BCUT2D eigenvalue weighted by Gasteiger charge is -2.21. The van der Waals surface area contributed by atoms with E-state index in [1.165, 1.54) is 12.1 Å². The number of nitrogens with one attached hydrogen (secondary N) is 1. The maximum Gasteiger partial charge on any atom is 0.416 e.